The molecule has 4 rings (SSSR count). The molecule has 1 N–H and O–H groups in total. The zero-order valence-corrected chi connectivity index (χ0v) is 19.0. The topological polar surface area (TPSA) is 104 Å². The molecule has 2 aromatic heterocycles. The molecule has 9 nitrogen and oxygen atoms in total. The van der Waals surface area contributed by atoms with Crippen molar-refractivity contribution in [1.29, 1.82) is 0 Å². The zero-order chi connectivity index (χ0) is 22.7. The first kappa shape index (κ1) is 21.8. The second-order valence-electron chi connectivity index (χ2n) is 7.32. The van der Waals surface area contributed by atoms with Crippen molar-refractivity contribution in [1.82, 2.24) is 15.0 Å². The highest BCUT2D eigenvalue weighted by Crippen LogP contribution is 2.37. The van der Waals surface area contributed by atoms with Gasteiger partial charge >= 0.3 is 0 Å². The molecule has 0 spiro atoms. The van der Waals surface area contributed by atoms with Crippen LogP contribution in [0.15, 0.2) is 28.4 Å². The Morgan fingerprint density at radius 1 is 1.19 bits per heavy atom. The summed E-state index contributed by atoms with van der Waals surface area (Å²) in [6.07, 6.45) is 6.98. The van der Waals surface area contributed by atoms with Gasteiger partial charge in [0.2, 0.25) is 5.75 Å². The van der Waals surface area contributed by atoms with E-state index in [2.05, 4.69) is 15.5 Å². The lowest BCUT2D eigenvalue weighted by Gasteiger charge is -2.12. The van der Waals surface area contributed by atoms with Gasteiger partial charge in [-0.3, -0.25) is 14.2 Å². The smallest absolute Gasteiger partial charge is 0.262 e. The lowest BCUT2D eigenvalue weighted by atomic mass is 9.97. The van der Waals surface area contributed by atoms with Crippen molar-refractivity contribution >= 4 is 33.7 Å². The van der Waals surface area contributed by atoms with Gasteiger partial charge in [0.1, 0.15) is 11.4 Å². The fourth-order valence-electron chi connectivity index (χ4n) is 3.84. The number of nitrogens with zero attached hydrogens (tertiary/aromatic N) is 3. The molecule has 0 fully saturated rings. The van der Waals surface area contributed by atoms with Crippen LogP contribution in [0.5, 0.6) is 17.2 Å². The number of rotatable bonds is 7. The van der Waals surface area contributed by atoms with Crippen molar-refractivity contribution < 1.29 is 19.0 Å². The number of thiophene rings is 1. The van der Waals surface area contributed by atoms with Gasteiger partial charge in [-0.2, -0.15) is 5.10 Å². The summed E-state index contributed by atoms with van der Waals surface area (Å²) in [4.78, 5) is 31.7. The first-order valence-corrected chi connectivity index (χ1v) is 11.0. The molecule has 0 radical (unpaired) electrons. The van der Waals surface area contributed by atoms with E-state index in [-0.39, 0.29) is 12.1 Å². The van der Waals surface area contributed by atoms with Crippen LogP contribution in [0.25, 0.3) is 10.2 Å². The summed E-state index contributed by atoms with van der Waals surface area (Å²) in [5.41, 5.74) is 4.01. The van der Waals surface area contributed by atoms with Crippen LogP contribution in [0, 0.1) is 0 Å². The van der Waals surface area contributed by atoms with E-state index in [0.717, 1.165) is 36.1 Å². The van der Waals surface area contributed by atoms with E-state index in [4.69, 9.17) is 14.2 Å². The third-order valence-corrected chi connectivity index (χ3v) is 6.55. The monoisotopic (exact) mass is 456 g/mol. The Morgan fingerprint density at radius 2 is 1.91 bits per heavy atom. The first-order chi connectivity index (χ1) is 15.5. The van der Waals surface area contributed by atoms with E-state index in [9.17, 15) is 9.59 Å². The number of fused-ring (bicyclic) bond motifs is 3. The fraction of sp³-hybridized carbons (Fsp3) is 0.364. The van der Waals surface area contributed by atoms with E-state index in [1.165, 1.54) is 43.3 Å². The van der Waals surface area contributed by atoms with Crippen LogP contribution in [-0.2, 0) is 24.2 Å². The Morgan fingerprint density at radius 3 is 2.59 bits per heavy atom. The van der Waals surface area contributed by atoms with Gasteiger partial charge in [-0.05, 0) is 43.4 Å². The number of amides is 1. The Bertz CT molecular complexity index is 1220. The molecular formula is C22H24N4O5S. The lowest BCUT2D eigenvalue weighted by Crippen LogP contribution is -2.30. The maximum atomic E-state index is 13.0. The molecule has 1 amide bonds. The average Bonchev–Trinajstić information content (AvgIpc) is 3.19. The van der Waals surface area contributed by atoms with Crippen LogP contribution >= 0.6 is 11.3 Å². The van der Waals surface area contributed by atoms with Gasteiger partial charge in [-0.1, -0.05) is 0 Å². The average molecular weight is 457 g/mol. The fourth-order valence-corrected chi connectivity index (χ4v) is 5.06. The molecule has 0 saturated heterocycles. The van der Waals surface area contributed by atoms with Crippen molar-refractivity contribution in [3.8, 4) is 17.2 Å². The predicted octanol–water partition coefficient (Wildman–Crippen LogP) is 2.51. The quantitative estimate of drug-likeness (QED) is 0.433. The number of hydrogen-bond acceptors (Lipinski definition) is 8. The number of carbonyl (C=O) groups is 1. The van der Waals surface area contributed by atoms with Crippen LogP contribution < -0.4 is 25.2 Å². The maximum absolute atomic E-state index is 13.0. The van der Waals surface area contributed by atoms with Crippen molar-refractivity contribution in [3.05, 3.63) is 44.8 Å². The second-order valence-corrected chi connectivity index (χ2v) is 8.40. The molecule has 3 aromatic rings. The summed E-state index contributed by atoms with van der Waals surface area (Å²) in [5, 5.41) is 4.64. The van der Waals surface area contributed by atoms with Gasteiger partial charge in [-0.25, -0.2) is 10.4 Å². The number of nitrogens with one attached hydrogen (secondary N) is 1. The zero-order valence-electron chi connectivity index (χ0n) is 18.1. The van der Waals surface area contributed by atoms with Gasteiger partial charge in [0.15, 0.2) is 11.5 Å². The maximum Gasteiger partial charge on any atom is 0.262 e. The highest BCUT2D eigenvalue weighted by atomic mass is 32.1. The largest absolute Gasteiger partial charge is 0.493 e. The van der Waals surface area contributed by atoms with Crippen LogP contribution in [-0.4, -0.2) is 43.0 Å². The molecule has 0 unspecified atom stereocenters. The summed E-state index contributed by atoms with van der Waals surface area (Å²) < 4.78 is 17.2. The Balaban J connectivity index is 1.49. The number of ether oxygens (including phenoxy) is 3. The lowest BCUT2D eigenvalue weighted by molar-refractivity contribution is -0.121. The SMILES string of the molecule is COc1cc(C=NNC(=O)Cn2cnc3sc4c(c3c2=O)CCCC4)cc(OC)c1OC. The summed E-state index contributed by atoms with van der Waals surface area (Å²) in [7, 11) is 4.56. The molecule has 0 saturated carbocycles. The molecule has 0 aliphatic heterocycles. The summed E-state index contributed by atoms with van der Waals surface area (Å²) >= 11 is 1.58. The van der Waals surface area contributed by atoms with Crippen LogP contribution in [0.2, 0.25) is 0 Å². The minimum atomic E-state index is -0.430. The summed E-state index contributed by atoms with van der Waals surface area (Å²) in [6, 6.07) is 3.41. The molecule has 0 bridgehead atoms. The minimum Gasteiger partial charge on any atom is -0.493 e. The van der Waals surface area contributed by atoms with E-state index >= 15 is 0 Å². The van der Waals surface area contributed by atoms with E-state index in [0.29, 0.717) is 28.2 Å². The molecule has 32 heavy (non-hydrogen) atoms. The van der Waals surface area contributed by atoms with Crippen LogP contribution in [0.1, 0.15) is 28.8 Å². The van der Waals surface area contributed by atoms with Gasteiger partial charge < -0.3 is 14.2 Å². The summed E-state index contributed by atoms with van der Waals surface area (Å²) in [6.45, 7) is -0.168. The number of hydrazone groups is 1. The second kappa shape index (κ2) is 9.39. The Kier molecular flexibility index (Phi) is 6.40. The number of benzene rings is 1. The van der Waals surface area contributed by atoms with E-state index in [1.807, 2.05) is 0 Å². The number of aromatic nitrogens is 2. The van der Waals surface area contributed by atoms with Gasteiger partial charge in [0.25, 0.3) is 11.5 Å². The molecule has 10 heteroatoms. The van der Waals surface area contributed by atoms with Gasteiger partial charge in [-0.15, -0.1) is 11.3 Å². The van der Waals surface area contributed by atoms with Gasteiger partial charge in [0.05, 0.1) is 39.3 Å². The van der Waals surface area contributed by atoms with Crippen molar-refractivity contribution in [3.63, 3.8) is 0 Å². The van der Waals surface area contributed by atoms with E-state index < -0.39 is 5.91 Å². The standard InChI is InChI=1S/C22H24N4O5S/c1-29-15-8-13(9-16(30-2)20(15)31-3)10-24-25-18(27)11-26-12-23-21-19(22(26)28)14-6-4-5-7-17(14)32-21/h8-10,12H,4-7,11H2,1-3H3,(H,25,27). The van der Waals surface area contributed by atoms with E-state index in [1.54, 1.807) is 23.5 Å². The van der Waals surface area contributed by atoms with Crippen molar-refractivity contribution in [2.24, 2.45) is 5.10 Å². The normalized spacial score (nSPS) is 13.2. The highest BCUT2D eigenvalue weighted by molar-refractivity contribution is 7.18. The van der Waals surface area contributed by atoms with Crippen molar-refractivity contribution in [2.45, 2.75) is 32.2 Å². The first-order valence-electron chi connectivity index (χ1n) is 10.2. The Labute approximate surface area is 188 Å². The molecular weight excluding hydrogens is 432 g/mol. The molecule has 168 valence electrons. The third kappa shape index (κ3) is 4.18. The molecule has 1 aromatic carbocycles. The minimum absolute atomic E-state index is 0.168. The summed E-state index contributed by atoms with van der Waals surface area (Å²) in [5.74, 6) is 0.990. The Hall–Kier alpha value is -3.40. The number of methoxy groups -OCH3 is 3. The van der Waals surface area contributed by atoms with Crippen molar-refractivity contribution in [2.75, 3.05) is 21.3 Å². The van der Waals surface area contributed by atoms with Gasteiger partial charge in [0, 0.05) is 10.4 Å². The van der Waals surface area contributed by atoms with Crippen LogP contribution in [0.3, 0.4) is 0 Å². The van der Waals surface area contributed by atoms with Crippen LogP contribution in [0.4, 0.5) is 0 Å². The number of hydrogen-bond donors (Lipinski definition) is 1. The third-order valence-electron chi connectivity index (χ3n) is 5.35. The molecule has 2 heterocycles. The highest BCUT2D eigenvalue weighted by Gasteiger charge is 2.20. The number of aryl methyl sites for hydroxylation is 2. The molecule has 1 aliphatic carbocycles. The predicted molar refractivity (Wildman–Crippen MR) is 122 cm³/mol. The molecule has 1 aliphatic rings. The molecule has 0 atom stereocenters. The number of carbonyl (C=O) groups excluding carboxylic acids is 1.